The van der Waals surface area contributed by atoms with Crippen molar-refractivity contribution in [1.82, 2.24) is 10.3 Å². The van der Waals surface area contributed by atoms with E-state index in [-0.39, 0.29) is 0 Å². The van der Waals surface area contributed by atoms with Crippen LogP contribution in [-0.2, 0) is 0 Å². The number of ether oxygens (including phenoxy) is 1. The van der Waals surface area contributed by atoms with E-state index in [0.29, 0.717) is 5.92 Å². The lowest BCUT2D eigenvalue weighted by molar-refractivity contribution is 0.389. The minimum absolute atomic E-state index is 0.560. The summed E-state index contributed by atoms with van der Waals surface area (Å²) in [5.74, 6) is 1.51. The van der Waals surface area contributed by atoms with Crippen LogP contribution in [0.2, 0.25) is 0 Å². The van der Waals surface area contributed by atoms with Crippen LogP contribution in [0.4, 0.5) is 0 Å². The van der Waals surface area contributed by atoms with Crippen LogP contribution >= 0.6 is 15.9 Å². The Bertz CT molecular complexity index is 337. The zero-order chi connectivity index (χ0) is 10.7. The number of halogens is 1. The molecule has 1 aliphatic heterocycles. The molecule has 82 valence electrons. The third-order valence-electron chi connectivity index (χ3n) is 2.87. The monoisotopic (exact) mass is 270 g/mol. The number of methoxy groups -OCH3 is 1. The van der Waals surface area contributed by atoms with Gasteiger partial charge in [0.25, 0.3) is 0 Å². The Morgan fingerprint density at radius 1 is 1.47 bits per heavy atom. The summed E-state index contributed by atoms with van der Waals surface area (Å²) >= 11 is 3.51. The highest BCUT2D eigenvalue weighted by Gasteiger charge is 2.21. The number of nitrogens with zero attached hydrogens (tertiary/aromatic N) is 1. The van der Waals surface area contributed by atoms with E-state index in [9.17, 15) is 0 Å². The van der Waals surface area contributed by atoms with Crippen molar-refractivity contribution >= 4 is 15.9 Å². The highest BCUT2D eigenvalue weighted by atomic mass is 79.9. The Labute approximate surface area is 98.4 Å². The van der Waals surface area contributed by atoms with Gasteiger partial charge in [-0.3, -0.25) is 0 Å². The molecule has 2 rings (SSSR count). The second kappa shape index (κ2) is 4.94. The summed E-state index contributed by atoms with van der Waals surface area (Å²) in [4.78, 5) is 4.28. The molecule has 0 radical (unpaired) electrons. The van der Waals surface area contributed by atoms with Gasteiger partial charge in [0.1, 0.15) is 10.4 Å². The fourth-order valence-electron chi connectivity index (χ4n) is 2.09. The second-order valence-electron chi connectivity index (χ2n) is 3.74. The van der Waals surface area contributed by atoms with Gasteiger partial charge in [-0.1, -0.05) is 0 Å². The molecule has 1 N–H and O–H groups in total. The summed E-state index contributed by atoms with van der Waals surface area (Å²) in [6.45, 7) is 2.16. The van der Waals surface area contributed by atoms with Crippen molar-refractivity contribution in [3.8, 4) is 5.75 Å². The summed E-state index contributed by atoms with van der Waals surface area (Å²) in [6, 6.07) is 1.93. The first-order chi connectivity index (χ1) is 7.33. The van der Waals surface area contributed by atoms with Crippen LogP contribution in [0.25, 0.3) is 0 Å². The van der Waals surface area contributed by atoms with Crippen molar-refractivity contribution in [1.29, 1.82) is 0 Å². The Morgan fingerprint density at radius 3 is 2.87 bits per heavy atom. The van der Waals surface area contributed by atoms with Gasteiger partial charge in [0.05, 0.1) is 7.11 Å². The van der Waals surface area contributed by atoms with Gasteiger partial charge in [0.15, 0.2) is 0 Å². The number of aromatic nitrogens is 1. The predicted octanol–water partition coefficient (Wildman–Crippen LogP) is 2.32. The van der Waals surface area contributed by atoms with Crippen LogP contribution in [0.5, 0.6) is 5.75 Å². The first-order valence-electron chi connectivity index (χ1n) is 5.22. The largest absolute Gasteiger partial charge is 0.496 e. The second-order valence-corrected chi connectivity index (χ2v) is 4.49. The molecule has 1 saturated heterocycles. The Morgan fingerprint density at radius 2 is 2.20 bits per heavy atom. The lowest BCUT2D eigenvalue weighted by Gasteiger charge is -2.24. The summed E-state index contributed by atoms with van der Waals surface area (Å²) in [6.07, 6.45) is 4.08. The molecule has 0 bridgehead atoms. The van der Waals surface area contributed by atoms with Crippen LogP contribution in [0.1, 0.15) is 24.3 Å². The standard InChI is InChI=1S/C11H15BrN2O/c1-15-9-4-7-14-11(12)10(9)8-2-5-13-6-3-8/h4,7-8,13H,2-3,5-6H2,1H3. The van der Waals surface area contributed by atoms with Gasteiger partial charge in [-0.05, 0) is 53.8 Å². The van der Waals surface area contributed by atoms with E-state index in [0.717, 1.165) is 36.3 Å². The molecule has 0 aliphatic carbocycles. The number of nitrogens with one attached hydrogen (secondary N) is 1. The van der Waals surface area contributed by atoms with Crippen LogP contribution < -0.4 is 10.1 Å². The smallest absolute Gasteiger partial charge is 0.126 e. The number of pyridine rings is 1. The number of hydrogen-bond acceptors (Lipinski definition) is 3. The van der Waals surface area contributed by atoms with Crippen molar-refractivity contribution < 1.29 is 4.74 Å². The molecule has 0 spiro atoms. The molecule has 1 aliphatic rings. The van der Waals surface area contributed by atoms with Gasteiger partial charge >= 0.3 is 0 Å². The molecule has 1 fully saturated rings. The van der Waals surface area contributed by atoms with Crippen LogP contribution in [0.15, 0.2) is 16.9 Å². The fraction of sp³-hybridized carbons (Fsp3) is 0.545. The molecule has 1 aromatic rings. The Kier molecular flexibility index (Phi) is 3.59. The Hall–Kier alpha value is -0.610. The maximum absolute atomic E-state index is 5.39. The molecule has 0 aromatic carbocycles. The molecule has 3 nitrogen and oxygen atoms in total. The number of rotatable bonds is 2. The quantitative estimate of drug-likeness (QED) is 0.838. The number of hydrogen-bond donors (Lipinski definition) is 1. The lowest BCUT2D eigenvalue weighted by Crippen LogP contribution is -2.27. The van der Waals surface area contributed by atoms with Gasteiger partial charge in [0, 0.05) is 11.8 Å². The molecular weight excluding hydrogens is 256 g/mol. The van der Waals surface area contributed by atoms with Crippen LogP contribution in [-0.4, -0.2) is 25.2 Å². The molecule has 4 heteroatoms. The zero-order valence-corrected chi connectivity index (χ0v) is 10.4. The molecule has 0 amide bonds. The van der Waals surface area contributed by atoms with Gasteiger partial charge in [-0.25, -0.2) is 4.98 Å². The topological polar surface area (TPSA) is 34.1 Å². The van der Waals surface area contributed by atoms with Crippen molar-refractivity contribution in [2.24, 2.45) is 0 Å². The van der Waals surface area contributed by atoms with Gasteiger partial charge in [0.2, 0.25) is 0 Å². The molecule has 2 heterocycles. The van der Waals surface area contributed by atoms with Crippen LogP contribution in [0, 0.1) is 0 Å². The van der Waals surface area contributed by atoms with Crippen molar-refractivity contribution in [2.45, 2.75) is 18.8 Å². The van der Waals surface area contributed by atoms with E-state index >= 15 is 0 Å². The van der Waals surface area contributed by atoms with E-state index in [1.54, 1.807) is 13.3 Å². The molecular formula is C11H15BrN2O. The average molecular weight is 271 g/mol. The third-order valence-corrected chi connectivity index (χ3v) is 3.50. The van der Waals surface area contributed by atoms with Crippen molar-refractivity contribution in [2.75, 3.05) is 20.2 Å². The normalized spacial score (nSPS) is 17.7. The summed E-state index contributed by atoms with van der Waals surface area (Å²) in [7, 11) is 1.71. The lowest BCUT2D eigenvalue weighted by atomic mass is 9.91. The average Bonchev–Trinajstić information content (AvgIpc) is 2.29. The van der Waals surface area contributed by atoms with E-state index < -0.39 is 0 Å². The zero-order valence-electron chi connectivity index (χ0n) is 8.79. The predicted molar refractivity (Wildman–Crippen MR) is 63.3 cm³/mol. The van der Waals surface area contributed by atoms with Gasteiger partial charge in [-0.2, -0.15) is 0 Å². The minimum Gasteiger partial charge on any atom is -0.496 e. The molecule has 0 unspecified atom stereocenters. The minimum atomic E-state index is 0.560. The van der Waals surface area contributed by atoms with E-state index in [1.165, 1.54) is 5.56 Å². The fourth-order valence-corrected chi connectivity index (χ4v) is 2.73. The van der Waals surface area contributed by atoms with Crippen molar-refractivity contribution in [3.05, 3.63) is 22.4 Å². The number of piperidine rings is 1. The summed E-state index contributed by atoms with van der Waals surface area (Å²) < 4.78 is 6.31. The molecule has 1 aromatic heterocycles. The third kappa shape index (κ3) is 2.32. The summed E-state index contributed by atoms with van der Waals surface area (Å²) in [5, 5.41) is 3.36. The first kappa shape index (κ1) is 10.9. The van der Waals surface area contributed by atoms with Crippen LogP contribution in [0.3, 0.4) is 0 Å². The van der Waals surface area contributed by atoms with Crippen molar-refractivity contribution in [3.63, 3.8) is 0 Å². The van der Waals surface area contributed by atoms with Gasteiger partial charge < -0.3 is 10.1 Å². The maximum Gasteiger partial charge on any atom is 0.126 e. The van der Waals surface area contributed by atoms with E-state index in [4.69, 9.17) is 4.74 Å². The van der Waals surface area contributed by atoms with Gasteiger partial charge in [-0.15, -0.1) is 0 Å². The maximum atomic E-state index is 5.39. The van der Waals surface area contributed by atoms with E-state index in [2.05, 4.69) is 26.2 Å². The molecule has 0 saturated carbocycles. The highest BCUT2D eigenvalue weighted by Crippen LogP contribution is 2.36. The SMILES string of the molecule is COc1ccnc(Br)c1C1CCNCC1. The van der Waals surface area contributed by atoms with E-state index in [1.807, 2.05) is 6.07 Å². The molecule has 15 heavy (non-hydrogen) atoms. The molecule has 0 atom stereocenters. The Balaban J connectivity index is 2.31. The highest BCUT2D eigenvalue weighted by molar-refractivity contribution is 9.10. The first-order valence-corrected chi connectivity index (χ1v) is 6.01. The summed E-state index contributed by atoms with van der Waals surface area (Å²) in [5.41, 5.74) is 1.22.